The van der Waals surface area contributed by atoms with E-state index in [1.54, 1.807) is 0 Å². The van der Waals surface area contributed by atoms with Crippen LogP contribution in [0.5, 0.6) is 0 Å². The number of pyridine rings is 2. The molecule has 0 saturated heterocycles. The van der Waals surface area contributed by atoms with Crippen LogP contribution in [0.25, 0.3) is 21.8 Å². The van der Waals surface area contributed by atoms with Gasteiger partial charge < -0.3 is 17.3 Å². The molecule has 7 rings (SSSR count). The van der Waals surface area contributed by atoms with Gasteiger partial charge >= 0.3 is 24.3 Å². The zero-order chi connectivity index (χ0) is 35.3. The van der Waals surface area contributed by atoms with Crippen molar-refractivity contribution in [3.8, 4) is 0 Å². The normalized spacial score (nSPS) is 11.0. The summed E-state index contributed by atoms with van der Waals surface area (Å²) in [5, 5.41) is 8.40. The quantitative estimate of drug-likeness (QED) is 0.0666. The van der Waals surface area contributed by atoms with Crippen molar-refractivity contribution in [2.75, 3.05) is 12.3 Å². The maximum absolute atomic E-state index is 9.75. The van der Waals surface area contributed by atoms with Gasteiger partial charge in [0.2, 0.25) is 0 Å². The average Bonchev–Trinajstić information content (AvgIpc) is 3.13. The van der Waals surface area contributed by atoms with Gasteiger partial charge in [0.1, 0.15) is 0 Å². The molecule has 0 radical (unpaired) electrons. The number of rotatable bonds is 8. The molecule has 0 aliphatic heterocycles. The summed E-state index contributed by atoms with van der Waals surface area (Å²) >= 11 is 0. The molecule has 0 fully saturated rings. The Balaban J connectivity index is 0.000000222. The molecule has 0 amide bonds. The summed E-state index contributed by atoms with van der Waals surface area (Å²) in [6.45, 7) is 4.02. The smallest absolute Gasteiger partial charge is 0.418 e. The first-order valence-corrected chi connectivity index (χ1v) is 20.0. The minimum atomic E-state index is -6.00. The molecule has 2 heterocycles. The summed E-state index contributed by atoms with van der Waals surface area (Å²) in [5.41, 5.74) is 4.06. The number of halogens is 4. The van der Waals surface area contributed by atoms with Crippen LogP contribution in [0.2, 0.25) is 0 Å². The fourth-order valence-corrected chi connectivity index (χ4v) is 11.5. The van der Waals surface area contributed by atoms with Crippen molar-refractivity contribution in [1.82, 2.24) is 9.97 Å². The molecule has 10 heteroatoms. The van der Waals surface area contributed by atoms with Crippen LogP contribution < -0.4 is 21.2 Å². The minimum absolute atomic E-state index is 0. The van der Waals surface area contributed by atoms with E-state index in [9.17, 15) is 17.3 Å². The van der Waals surface area contributed by atoms with E-state index in [1.807, 2.05) is 26.0 Å². The van der Waals surface area contributed by atoms with Crippen LogP contribution in [-0.4, -0.2) is 29.5 Å². The Bertz CT molecular complexity index is 1850. The van der Waals surface area contributed by atoms with E-state index in [2.05, 4.69) is 156 Å². The molecular weight excluding hydrogens is 733 g/mol. The van der Waals surface area contributed by atoms with Crippen molar-refractivity contribution < 1.29 is 34.3 Å². The van der Waals surface area contributed by atoms with Crippen molar-refractivity contribution >= 4 is 66.1 Å². The van der Waals surface area contributed by atoms with E-state index in [4.69, 9.17) is 0 Å². The zero-order valence-corrected chi connectivity index (χ0v) is 31.4. The zero-order valence-electron chi connectivity index (χ0n) is 28.4. The Labute approximate surface area is 310 Å². The van der Waals surface area contributed by atoms with Crippen LogP contribution in [0, 0.1) is 13.8 Å². The summed E-state index contributed by atoms with van der Waals surface area (Å²) in [7, 11) is -7.48. The van der Waals surface area contributed by atoms with Gasteiger partial charge in [-0.1, -0.05) is 97.1 Å². The molecule has 264 valence electrons. The van der Waals surface area contributed by atoms with Gasteiger partial charge in [-0.05, 0) is 74.5 Å². The second-order valence-corrected chi connectivity index (χ2v) is 17.1. The van der Waals surface area contributed by atoms with E-state index in [-0.39, 0.29) is 17.1 Å². The van der Waals surface area contributed by atoms with Gasteiger partial charge in [-0.25, -0.2) is 0 Å². The first-order valence-electron chi connectivity index (χ1n) is 16.6. The molecule has 0 unspecified atom stereocenters. The molecule has 5 aromatic carbocycles. The second kappa shape index (κ2) is 19.6. The van der Waals surface area contributed by atoms with E-state index >= 15 is 0 Å². The first kappa shape index (κ1) is 39.9. The monoisotopic (exact) mass is 772 g/mol. The van der Waals surface area contributed by atoms with Crippen molar-refractivity contribution in [1.29, 1.82) is 0 Å². The fraction of sp³-hybridized carbons (Fsp3) is 0.122. The van der Waals surface area contributed by atoms with Gasteiger partial charge in [-0.15, -0.1) is 0 Å². The third kappa shape index (κ3) is 12.4. The summed E-state index contributed by atoms with van der Waals surface area (Å²) in [6, 6.07) is 57.0. The number of fused-ring (bicyclic) bond motifs is 3. The predicted molar refractivity (Wildman–Crippen MR) is 212 cm³/mol. The maximum atomic E-state index is 9.75. The van der Waals surface area contributed by atoms with Crippen molar-refractivity contribution in [3.05, 3.63) is 169 Å². The molecule has 7 aromatic rings. The van der Waals surface area contributed by atoms with Crippen LogP contribution in [-0.2, 0) is 17.1 Å². The Morgan fingerprint density at radius 1 is 0.431 bits per heavy atom. The Morgan fingerprint density at radius 3 is 0.961 bits per heavy atom. The fourth-order valence-electron chi connectivity index (χ4n) is 5.87. The van der Waals surface area contributed by atoms with E-state index in [0.29, 0.717) is 0 Å². The van der Waals surface area contributed by atoms with Crippen LogP contribution in [0.1, 0.15) is 17.8 Å². The molecule has 0 spiro atoms. The van der Waals surface area contributed by atoms with Gasteiger partial charge in [-0.2, -0.15) is 0 Å². The van der Waals surface area contributed by atoms with Crippen LogP contribution in [0.4, 0.5) is 17.3 Å². The van der Waals surface area contributed by atoms with E-state index in [1.165, 1.54) is 40.0 Å². The van der Waals surface area contributed by atoms with Gasteiger partial charge in [0.25, 0.3) is 0 Å². The maximum Gasteiger partial charge on any atom is 1.00 e. The average molecular weight is 773 g/mol. The molecule has 51 heavy (non-hydrogen) atoms. The number of aromatic nitrogens is 2. The van der Waals surface area contributed by atoms with Crippen molar-refractivity contribution in [2.45, 2.75) is 20.3 Å². The molecule has 0 saturated carbocycles. The number of hydrogen-bond acceptors (Lipinski definition) is 2. The second-order valence-electron chi connectivity index (χ2n) is 11.9. The largest absolute Gasteiger partial charge is 1.00 e. The first-order chi connectivity index (χ1) is 24.2. The Morgan fingerprint density at radius 2 is 0.686 bits per heavy atom. The molecule has 2 nitrogen and oxygen atoms in total. The summed E-state index contributed by atoms with van der Waals surface area (Å²) in [5.74, 6) is 0. The summed E-state index contributed by atoms with van der Waals surface area (Å²) in [6.07, 6.45) is 3.84. The van der Waals surface area contributed by atoms with Gasteiger partial charge in [-0.3, -0.25) is 9.97 Å². The molecule has 0 atom stereocenters. The number of aryl methyl sites for hydroxylation is 2. The van der Waals surface area contributed by atoms with Crippen molar-refractivity contribution in [3.63, 3.8) is 0 Å². The third-order valence-electron chi connectivity index (χ3n) is 8.14. The number of benzene rings is 5. The SMILES string of the molecule is Cc1ccc2ccc3ccc(C)nc3c2n1.F[B-](F)(F)F.[Cu+].c1ccc([PH+](CCC[PH+](c2ccccc2)c2ccccc2)c2ccccc2)cc1. The number of nitrogens with zero attached hydrogens (tertiary/aromatic N) is 2. The van der Waals surface area contributed by atoms with Gasteiger partial charge in [0.05, 0.1) is 60.4 Å². The number of hydrogen-bond donors (Lipinski definition) is 0. The molecule has 0 aliphatic rings. The minimum Gasteiger partial charge on any atom is -0.418 e. The van der Waals surface area contributed by atoms with E-state index < -0.39 is 23.1 Å². The topological polar surface area (TPSA) is 25.8 Å². The molecule has 0 aliphatic carbocycles. The van der Waals surface area contributed by atoms with Crippen LogP contribution in [0.15, 0.2) is 158 Å². The summed E-state index contributed by atoms with van der Waals surface area (Å²) in [4.78, 5) is 9.16. The molecule has 0 N–H and O–H groups in total. The van der Waals surface area contributed by atoms with Crippen molar-refractivity contribution in [2.24, 2.45) is 0 Å². The van der Waals surface area contributed by atoms with Gasteiger partial charge in [0, 0.05) is 28.6 Å². The third-order valence-corrected chi connectivity index (χ3v) is 14.0. The summed E-state index contributed by atoms with van der Waals surface area (Å²) < 4.78 is 39.0. The molecule has 0 bridgehead atoms. The van der Waals surface area contributed by atoms with Gasteiger partial charge in [0.15, 0.2) is 0 Å². The predicted octanol–water partition coefficient (Wildman–Crippen LogP) is 9.80. The molecular formula is C41H40BCuF4N2P2+2. The van der Waals surface area contributed by atoms with E-state index in [0.717, 1.165) is 33.2 Å². The van der Waals surface area contributed by atoms with Crippen LogP contribution >= 0.6 is 15.8 Å². The van der Waals surface area contributed by atoms with Crippen LogP contribution in [0.3, 0.4) is 0 Å². The Hall–Kier alpha value is -3.92. The Kier molecular flexibility index (Phi) is 15.3. The standard InChI is InChI=1S/C27H26P2.C14H12N2.BF4.Cu/c1-5-14-24(15-6-1)28(25-16-7-2-8-17-25)22-13-23-29(26-18-9-3-10-19-26)27-20-11-4-12-21-27;1-9-3-5-11-7-8-12-6-4-10(2)16-14(12)13(11)15-9;2-1(3,4)5;/h1-12,14-21H,13,22-23H2;3-8H,1-2H3;;/q;;-1;+1/p+2. The molecule has 2 aromatic heterocycles.